The van der Waals surface area contributed by atoms with Gasteiger partial charge >= 0.3 is 0 Å². The highest BCUT2D eigenvalue weighted by Crippen LogP contribution is 2.32. The van der Waals surface area contributed by atoms with Crippen molar-refractivity contribution in [1.82, 2.24) is 15.2 Å². The summed E-state index contributed by atoms with van der Waals surface area (Å²) in [4.78, 5) is 16.2. The molecule has 0 atom stereocenters. The number of hydrogen-bond acceptors (Lipinski definition) is 4. The minimum absolute atomic E-state index is 0.0329. The molecule has 2 aromatic carbocycles. The van der Waals surface area contributed by atoms with Gasteiger partial charge in [-0.05, 0) is 24.3 Å². The number of halogens is 4. The molecule has 0 saturated heterocycles. The summed E-state index contributed by atoms with van der Waals surface area (Å²) in [6.45, 7) is 0. The van der Waals surface area contributed by atoms with Crippen LogP contribution in [0.3, 0.4) is 0 Å². The van der Waals surface area contributed by atoms with E-state index in [9.17, 15) is 9.18 Å². The van der Waals surface area contributed by atoms with Crippen LogP contribution in [0.1, 0.15) is 0 Å². The molecule has 0 aliphatic rings. The molecule has 0 aliphatic heterocycles. The predicted octanol–water partition coefficient (Wildman–Crippen LogP) is 5.30. The Hall–Kier alpha value is -1.80. The van der Waals surface area contributed by atoms with Gasteiger partial charge in [-0.2, -0.15) is 0 Å². The first-order valence-electron chi connectivity index (χ1n) is 7.18. The second-order valence-electron chi connectivity index (χ2n) is 5.03. The van der Waals surface area contributed by atoms with E-state index in [0.717, 1.165) is 11.8 Å². The largest absolute Gasteiger partial charge is 0.324 e. The van der Waals surface area contributed by atoms with Gasteiger partial charge in [-0.3, -0.25) is 9.89 Å². The van der Waals surface area contributed by atoms with Gasteiger partial charge in [0.2, 0.25) is 11.1 Å². The van der Waals surface area contributed by atoms with E-state index in [4.69, 9.17) is 34.8 Å². The Morgan fingerprint density at radius 1 is 1.15 bits per heavy atom. The molecule has 0 aliphatic carbocycles. The normalized spacial score (nSPS) is 10.8. The summed E-state index contributed by atoms with van der Waals surface area (Å²) < 4.78 is 13.7. The summed E-state index contributed by atoms with van der Waals surface area (Å²) in [5, 5.41) is 10.4. The van der Waals surface area contributed by atoms with Crippen LogP contribution in [0.2, 0.25) is 15.1 Å². The first kappa shape index (κ1) is 19.0. The zero-order chi connectivity index (χ0) is 18.7. The highest BCUT2D eigenvalue weighted by molar-refractivity contribution is 7.99. The van der Waals surface area contributed by atoms with Gasteiger partial charge in [0.1, 0.15) is 5.82 Å². The molecule has 3 rings (SSSR count). The summed E-state index contributed by atoms with van der Waals surface area (Å²) >= 11 is 18.9. The highest BCUT2D eigenvalue weighted by Gasteiger charge is 2.13. The molecule has 3 aromatic rings. The van der Waals surface area contributed by atoms with Crippen LogP contribution in [0.4, 0.5) is 10.1 Å². The lowest BCUT2D eigenvalue weighted by atomic mass is 10.2. The number of carbonyl (C=O) groups is 1. The lowest BCUT2D eigenvalue weighted by molar-refractivity contribution is -0.113. The maximum absolute atomic E-state index is 13.7. The zero-order valence-corrected chi connectivity index (χ0v) is 16.0. The van der Waals surface area contributed by atoms with Gasteiger partial charge in [0.15, 0.2) is 5.82 Å². The van der Waals surface area contributed by atoms with Crippen molar-refractivity contribution >= 4 is 58.2 Å². The maximum atomic E-state index is 13.7. The number of aromatic amines is 1. The first-order chi connectivity index (χ1) is 12.4. The van der Waals surface area contributed by atoms with Crippen LogP contribution < -0.4 is 5.32 Å². The van der Waals surface area contributed by atoms with Crippen LogP contribution in [0.25, 0.3) is 11.4 Å². The van der Waals surface area contributed by atoms with E-state index >= 15 is 0 Å². The fourth-order valence-electron chi connectivity index (χ4n) is 2.02. The monoisotopic (exact) mass is 430 g/mol. The summed E-state index contributed by atoms with van der Waals surface area (Å²) in [5.41, 5.74) is 0.660. The number of carbonyl (C=O) groups excluding carboxylic acids is 1. The average Bonchev–Trinajstić information content (AvgIpc) is 3.07. The maximum Gasteiger partial charge on any atom is 0.234 e. The van der Waals surface area contributed by atoms with E-state index in [1.807, 2.05) is 0 Å². The highest BCUT2D eigenvalue weighted by atomic mass is 35.5. The SMILES string of the molecule is O=C(CSc1n[nH]c(-c2ccccc2F)n1)Nc1cc(Cl)c(Cl)cc1Cl. The van der Waals surface area contributed by atoms with Crippen LogP contribution in [-0.2, 0) is 4.79 Å². The van der Waals surface area contributed by atoms with E-state index in [1.165, 1.54) is 18.2 Å². The molecule has 0 fully saturated rings. The van der Waals surface area contributed by atoms with Crippen LogP contribution in [0.5, 0.6) is 0 Å². The molecule has 1 aromatic heterocycles. The Labute approximate surface area is 167 Å². The van der Waals surface area contributed by atoms with Crippen molar-refractivity contribution in [3.63, 3.8) is 0 Å². The molecule has 10 heteroatoms. The number of thioether (sulfide) groups is 1. The summed E-state index contributed by atoms with van der Waals surface area (Å²) in [7, 11) is 0. The average molecular weight is 432 g/mol. The number of nitrogens with one attached hydrogen (secondary N) is 2. The topological polar surface area (TPSA) is 70.7 Å². The molecule has 0 unspecified atom stereocenters. The van der Waals surface area contributed by atoms with Crippen molar-refractivity contribution < 1.29 is 9.18 Å². The van der Waals surface area contributed by atoms with E-state index in [1.54, 1.807) is 18.2 Å². The fraction of sp³-hybridized carbons (Fsp3) is 0.0625. The Balaban J connectivity index is 1.62. The second kappa shape index (κ2) is 8.26. The van der Waals surface area contributed by atoms with Crippen LogP contribution >= 0.6 is 46.6 Å². The smallest absolute Gasteiger partial charge is 0.234 e. The molecule has 1 heterocycles. The number of benzene rings is 2. The molecule has 2 N–H and O–H groups in total. The number of hydrogen-bond donors (Lipinski definition) is 2. The van der Waals surface area contributed by atoms with Crippen molar-refractivity contribution in [3.8, 4) is 11.4 Å². The second-order valence-corrected chi connectivity index (χ2v) is 7.19. The van der Waals surface area contributed by atoms with Crippen molar-refractivity contribution in [1.29, 1.82) is 0 Å². The van der Waals surface area contributed by atoms with Gasteiger partial charge in [0, 0.05) is 0 Å². The molecule has 0 radical (unpaired) electrons. The zero-order valence-electron chi connectivity index (χ0n) is 12.9. The first-order valence-corrected chi connectivity index (χ1v) is 9.30. The van der Waals surface area contributed by atoms with E-state index in [2.05, 4.69) is 20.5 Å². The minimum atomic E-state index is -0.410. The van der Waals surface area contributed by atoms with Crippen LogP contribution in [0, 0.1) is 5.82 Å². The Kier molecular flexibility index (Phi) is 6.03. The summed E-state index contributed by atoms with van der Waals surface area (Å²) in [6.07, 6.45) is 0. The van der Waals surface area contributed by atoms with Crippen molar-refractivity contribution in [3.05, 3.63) is 57.3 Å². The fourth-order valence-corrected chi connectivity index (χ4v) is 3.21. The molecule has 0 saturated carbocycles. The van der Waals surface area contributed by atoms with Gasteiger partial charge in [0.05, 0.1) is 32.1 Å². The molecule has 0 spiro atoms. The summed E-state index contributed by atoms with van der Waals surface area (Å²) in [5.74, 6) is -0.413. The molecule has 1 amide bonds. The van der Waals surface area contributed by atoms with Gasteiger partial charge < -0.3 is 5.32 Å². The van der Waals surface area contributed by atoms with Gasteiger partial charge in [-0.15, -0.1) is 5.10 Å². The Morgan fingerprint density at radius 2 is 1.88 bits per heavy atom. The standard InChI is InChI=1S/C16H10Cl3FN4OS/c17-9-5-11(19)13(6-10(9)18)21-14(25)7-26-16-22-15(23-24-16)8-3-1-2-4-12(8)20/h1-6H,7H2,(H,21,25)(H,22,23,24). The molecule has 26 heavy (non-hydrogen) atoms. The van der Waals surface area contributed by atoms with Gasteiger partial charge in [-0.1, -0.05) is 58.7 Å². The number of anilines is 1. The van der Waals surface area contributed by atoms with Crippen LogP contribution in [-0.4, -0.2) is 26.8 Å². The van der Waals surface area contributed by atoms with E-state index in [-0.39, 0.29) is 21.7 Å². The molecule has 0 bridgehead atoms. The number of amides is 1. The molecule has 5 nitrogen and oxygen atoms in total. The third kappa shape index (κ3) is 4.48. The Bertz CT molecular complexity index is 966. The lowest BCUT2D eigenvalue weighted by Gasteiger charge is -2.08. The third-order valence-corrected chi connectivity index (χ3v) is 5.09. The van der Waals surface area contributed by atoms with Crippen LogP contribution in [0.15, 0.2) is 41.6 Å². The van der Waals surface area contributed by atoms with Gasteiger partial charge in [0.25, 0.3) is 0 Å². The van der Waals surface area contributed by atoms with E-state index in [0.29, 0.717) is 27.3 Å². The Morgan fingerprint density at radius 3 is 2.65 bits per heavy atom. The van der Waals surface area contributed by atoms with Gasteiger partial charge in [-0.25, -0.2) is 9.37 Å². The molecular weight excluding hydrogens is 422 g/mol. The predicted molar refractivity (Wildman–Crippen MR) is 103 cm³/mol. The lowest BCUT2D eigenvalue weighted by Crippen LogP contribution is -2.14. The molecular formula is C16H10Cl3FN4OS. The van der Waals surface area contributed by atoms with E-state index < -0.39 is 5.82 Å². The summed E-state index contributed by atoms with van der Waals surface area (Å²) in [6, 6.07) is 9.12. The van der Waals surface area contributed by atoms with Crippen molar-refractivity contribution in [2.45, 2.75) is 5.16 Å². The van der Waals surface area contributed by atoms with Crippen molar-refractivity contribution in [2.24, 2.45) is 0 Å². The third-order valence-electron chi connectivity index (χ3n) is 3.21. The number of rotatable bonds is 5. The number of aromatic nitrogens is 3. The molecule has 134 valence electrons. The quantitative estimate of drug-likeness (QED) is 0.425. The minimum Gasteiger partial charge on any atom is -0.324 e. The van der Waals surface area contributed by atoms with Crippen molar-refractivity contribution in [2.75, 3.05) is 11.1 Å². The number of H-pyrrole nitrogens is 1. The number of nitrogens with zero attached hydrogens (tertiary/aromatic N) is 2.